The summed E-state index contributed by atoms with van der Waals surface area (Å²) < 4.78 is 1.96. The molecule has 2 aromatic heterocycles. The molecule has 2 heterocycles. The first-order valence-corrected chi connectivity index (χ1v) is 8.61. The van der Waals surface area contributed by atoms with Crippen molar-refractivity contribution >= 4 is 47.2 Å². The van der Waals surface area contributed by atoms with Gasteiger partial charge in [-0.2, -0.15) is 0 Å². The molecule has 6 nitrogen and oxygen atoms in total. The van der Waals surface area contributed by atoms with Gasteiger partial charge in [-0.25, -0.2) is 0 Å². The lowest BCUT2D eigenvalue weighted by Gasteiger charge is -2.11. The van der Waals surface area contributed by atoms with Crippen LogP contribution in [0, 0.1) is 0 Å². The summed E-state index contributed by atoms with van der Waals surface area (Å²) in [6.45, 7) is 1.39. The van der Waals surface area contributed by atoms with Gasteiger partial charge in [-0.05, 0) is 42.7 Å². The van der Waals surface area contributed by atoms with E-state index in [1.807, 2.05) is 40.9 Å². The Labute approximate surface area is 175 Å². The van der Waals surface area contributed by atoms with E-state index in [0.717, 1.165) is 41.8 Å². The number of halogens is 2. The predicted octanol–water partition coefficient (Wildman–Crippen LogP) is 3.30. The van der Waals surface area contributed by atoms with Crippen LogP contribution in [-0.2, 0) is 13.0 Å². The normalized spacial score (nSPS) is 11.2. The molecule has 0 aliphatic carbocycles. The molecule has 0 aliphatic heterocycles. The molecule has 0 bridgehead atoms. The zero-order valence-electron chi connectivity index (χ0n) is 14.5. The number of nitrogens with zero attached hydrogens (tertiary/aromatic N) is 4. The van der Waals surface area contributed by atoms with Gasteiger partial charge in [-0.1, -0.05) is 29.8 Å². The predicted molar refractivity (Wildman–Crippen MR) is 116 cm³/mol. The van der Waals surface area contributed by atoms with Gasteiger partial charge in [0.25, 0.3) is 0 Å². The molecule has 138 valence electrons. The second-order valence-corrected chi connectivity index (χ2v) is 6.06. The van der Waals surface area contributed by atoms with Crippen molar-refractivity contribution in [3.8, 4) is 0 Å². The third-order valence-electron chi connectivity index (χ3n) is 3.87. The Morgan fingerprint density at radius 2 is 1.92 bits per heavy atom. The van der Waals surface area contributed by atoms with Crippen molar-refractivity contribution in [1.82, 2.24) is 25.2 Å². The fraction of sp³-hybridized carbons (Fsp3) is 0.278. The van der Waals surface area contributed by atoms with E-state index in [-0.39, 0.29) is 24.0 Å². The summed E-state index contributed by atoms with van der Waals surface area (Å²) in [6, 6.07) is 13.8. The molecular weight excluding hydrogens is 463 g/mol. The monoisotopic (exact) mass is 484 g/mol. The van der Waals surface area contributed by atoms with Crippen LogP contribution in [0.25, 0.3) is 5.65 Å². The Morgan fingerprint density at radius 3 is 2.69 bits per heavy atom. The average molecular weight is 485 g/mol. The highest BCUT2D eigenvalue weighted by atomic mass is 127. The summed E-state index contributed by atoms with van der Waals surface area (Å²) in [7, 11) is 1.76. The van der Waals surface area contributed by atoms with Gasteiger partial charge >= 0.3 is 0 Å². The lowest BCUT2D eigenvalue weighted by molar-refractivity contribution is 0.727. The van der Waals surface area contributed by atoms with Crippen LogP contribution in [-0.4, -0.2) is 34.2 Å². The van der Waals surface area contributed by atoms with E-state index in [4.69, 9.17) is 11.6 Å². The van der Waals surface area contributed by atoms with Crippen LogP contribution in [0.15, 0.2) is 53.7 Å². The standard InChI is InChI=1S/C18H21ClN6.HI/c1-20-18(21-11-4-5-14-7-9-15(19)10-8-14)22-13-17-24-23-16-6-2-3-12-25(16)17;/h2-3,6-10,12H,4-5,11,13H2,1H3,(H2,20,21,22);1H. The summed E-state index contributed by atoms with van der Waals surface area (Å²) >= 11 is 5.90. The van der Waals surface area contributed by atoms with Gasteiger partial charge in [-0.3, -0.25) is 9.39 Å². The molecule has 2 N–H and O–H groups in total. The first kappa shape index (κ1) is 20.4. The van der Waals surface area contributed by atoms with Crippen LogP contribution in [0.4, 0.5) is 0 Å². The van der Waals surface area contributed by atoms with E-state index in [1.165, 1.54) is 5.56 Å². The van der Waals surface area contributed by atoms with E-state index in [2.05, 4.69) is 38.0 Å². The molecule has 1 aromatic carbocycles. The summed E-state index contributed by atoms with van der Waals surface area (Å²) in [5, 5.41) is 15.7. The smallest absolute Gasteiger partial charge is 0.191 e. The molecule has 0 aliphatic rings. The van der Waals surface area contributed by atoms with Crippen molar-refractivity contribution in [2.45, 2.75) is 19.4 Å². The van der Waals surface area contributed by atoms with Gasteiger partial charge in [-0.15, -0.1) is 34.2 Å². The maximum atomic E-state index is 5.90. The number of fused-ring (bicyclic) bond motifs is 1. The molecule has 0 spiro atoms. The molecule has 26 heavy (non-hydrogen) atoms. The van der Waals surface area contributed by atoms with Crippen molar-refractivity contribution in [2.24, 2.45) is 4.99 Å². The largest absolute Gasteiger partial charge is 0.356 e. The molecule has 0 saturated carbocycles. The molecule has 0 saturated heterocycles. The van der Waals surface area contributed by atoms with Crippen molar-refractivity contribution in [2.75, 3.05) is 13.6 Å². The topological polar surface area (TPSA) is 66.6 Å². The van der Waals surface area contributed by atoms with Crippen LogP contribution >= 0.6 is 35.6 Å². The zero-order valence-corrected chi connectivity index (χ0v) is 17.6. The molecular formula is C18H22ClIN6. The number of aromatic nitrogens is 3. The third kappa shape index (κ3) is 5.57. The lowest BCUT2D eigenvalue weighted by atomic mass is 10.1. The highest BCUT2D eigenvalue weighted by molar-refractivity contribution is 14.0. The molecule has 0 radical (unpaired) electrons. The van der Waals surface area contributed by atoms with E-state index in [1.54, 1.807) is 7.05 Å². The van der Waals surface area contributed by atoms with Crippen LogP contribution in [0.5, 0.6) is 0 Å². The Balaban J connectivity index is 0.00000243. The summed E-state index contributed by atoms with van der Waals surface area (Å²) in [5.41, 5.74) is 2.12. The number of hydrogen-bond acceptors (Lipinski definition) is 3. The van der Waals surface area contributed by atoms with Gasteiger partial charge < -0.3 is 10.6 Å². The fourth-order valence-electron chi connectivity index (χ4n) is 2.55. The van der Waals surface area contributed by atoms with Gasteiger partial charge in [0.1, 0.15) is 0 Å². The maximum Gasteiger partial charge on any atom is 0.191 e. The maximum absolute atomic E-state index is 5.90. The Morgan fingerprint density at radius 1 is 1.12 bits per heavy atom. The molecule has 3 aromatic rings. The number of aryl methyl sites for hydroxylation is 1. The average Bonchev–Trinajstić information content (AvgIpc) is 3.06. The number of pyridine rings is 1. The highest BCUT2D eigenvalue weighted by Crippen LogP contribution is 2.10. The van der Waals surface area contributed by atoms with Crippen molar-refractivity contribution in [1.29, 1.82) is 0 Å². The van der Waals surface area contributed by atoms with Gasteiger partial charge in [0, 0.05) is 24.8 Å². The minimum atomic E-state index is 0. The van der Waals surface area contributed by atoms with Gasteiger partial charge in [0.05, 0.1) is 6.54 Å². The number of aliphatic imine (C=N–C) groups is 1. The van der Waals surface area contributed by atoms with Crippen molar-refractivity contribution in [3.63, 3.8) is 0 Å². The van der Waals surface area contributed by atoms with E-state index in [9.17, 15) is 0 Å². The summed E-state index contributed by atoms with van der Waals surface area (Å²) in [6.07, 6.45) is 3.96. The van der Waals surface area contributed by atoms with Crippen molar-refractivity contribution < 1.29 is 0 Å². The minimum absolute atomic E-state index is 0. The number of hydrogen-bond donors (Lipinski definition) is 2. The van der Waals surface area contributed by atoms with Crippen LogP contribution < -0.4 is 10.6 Å². The zero-order chi connectivity index (χ0) is 17.5. The molecule has 0 fully saturated rings. The number of nitrogens with one attached hydrogen (secondary N) is 2. The van der Waals surface area contributed by atoms with E-state index in [0.29, 0.717) is 6.54 Å². The van der Waals surface area contributed by atoms with Crippen molar-refractivity contribution in [3.05, 3.63) is 65.1 Å². The molecule has 0 unspecified atom stereocenters. The number of guanidine groups is 1. The lowest BCUT2D eigenvalue weighted by Crippen LogP contribution is -2.37. The number of benzene rings is 1. The first-order valence-electron chi connectivity index (χ1n) is 8.24. The Hall–Kier alpha value is -1.87. The van der Waals surface area contributed by atoms with Gasteiger partial charge in [0.15, 0.2) is 17.4 Å². The van der Waals surface area contributed by atoms with Gasteiger partial charge in [0.2, 0.25) is 0 Å². The minimum Gasteiger partial charge on any atom is -0.356 e. The Kier molecular flexibility index (Phi) is 8.11. The third-order valence-corrected chi connectivity index (χ3v) is 4.12. The molecule has 3 rings (SSSR count). The second-order valence-electron chi connectivity index (χ2n) is 5.63. The second kappa shape index (κ2) is 10.3. The van der Waals surface area contributed by atoms with Crippen LogP contribution in [0.2, 0.25) is 5.02 Å². The SMILES string of the molecule is CN=C(NCCCc1ccc(Cl)cc1)NCc1nnc2ccccn12.I. The van der Waals surface area contributed by atoms with Crippen LogP contribution in [0.1, 0.15) is 17.8 Å². The number of rotatable bonds is 6. The highest BCUT2D eigenvalue weighted by Gasteiger charge is 2.05. The first-order chi connectivity index (χ1) is 12.3. The van der Waals surface area contributed by atoms with E-state index >= 15 is 0 Å². The molecule has 0 atom stereocenters. The van der Waals surface area contributed by atoms with Crippen LogP contribution in [0.3, 0.4) is 0 Å². The fourth-order valence-corrected chi connectivity index (χ4v) is 2.67. The summed E-state index contributed by atoms with van der Waals surface area (Å²) in [4.78, 5) is 4.24. The quantitative estimate of drug-likeness (QED) is 0.244. The Bertz CT molecular complexity index is 846. The van der Waals surface area contributed by atoms with E-state index < -0.39 is 0 Å². The molecule has 8 heteroatoms. The summed E-state index contributed by atoms with van der Waals surface area (Å²) in [5.74, 6) is 1.60. The molecule has 0 amide bonds.